The number of fused-ring (bicyclic) bond motifs is 2. The van der Waals surface area contributed by atoms with Crippen LogP contribution in [0.4, 0.5) is 35.2 Å². The number of anilines is 3. The number of benzene rings is 1. The summed E-state index contributed by atoms with van der Waals surface area (Å²) >= 11 is 3.14. The van der Waals surface area contributed by atoms with Crippen molar-refractivity contribution >= 4 is 39.2 Å². The number of aromatic nitrogens is 1. The van der Waals surface area contributed by atoms with Gasteiger partial charge in [-0.1, -0.05) is 15.9 Å². The minimum atomic E-state index is -4.70. The fourth-order valence-electron chi connectivity index (χ4n) is 3.76. The highest BCUT2D eigenvalue weighted by Gasteiger charge is 2.41. The number of carbonyl (C=O) groups excluding carboxylic acids is 1. The monoisotopic (exact) mass is 529 g/mol. The smallest absolute Gasteiger partial charge is 0.420 e. The summed E-state index contributed by atoms with van der Waals surface area (Å²) in [5.41, 5.74) is -0.772. The molecule has 0 bridgehead atoms. The highest BCUT2D eigenvalue weighted by Crippen LogP contribution is 2.49. The van der Waals surface area contributed by atoms with Gasteiger partial charge in [-0.3, -0.25) is 0 Å². The fourth-order valence-corrected chi connectivity index (χ4v) is 4.21. The number of morpholine rings is 1. The minimum Gasteiger partial charge on any atom is -0.486 e. The van der Waals surface area contributed by atoms with Gasteiger partial charge in [0.1, 0.15) is 17.8 Å². The van der Waals surface area contributed by atoms with Gasteiger partial charge in [0.05, 0.1) is 24.5 Å². The summed E-state index contributed by atoms with van der Waals surface area (Å²) in [6, 6.07) is 4.09. The van der Waals surface area contributed by atoms with Crippen molar-refractivity contribution in [2.45, 2.75) is 39.2 Å². The van der Waals surface area contributed by atoms with E-state index in [9.17, 15) is 18.0 Å². The molecule has 0 atom stereocenters. The zero-order valence-electron chi connectivity index (χ0n) is 18.3. The number of halogens is 4. The Labute approximate surface area is 197 Å². The van der Waals surface area contributed by atoms with Crippen molar-refractivity contribution in [3.05, 3.63) is 40.0 Å². The number of alkyl halides is 3. The van der Waals surface area contributed by atoms with E-state index in [1.54, 1.807) is 26.8 Å². The Bertz CT molecular complexity index is 1070. The lowest BCUT2D eigenvalue weighted by Crippen LogP contribution is -2.38. The molecule has 1 aromatic heterocycles. The molecule has 0 radical (unpaired) electrons. The van der Waals surface area contributed by atoms with E-state index < -0.39 is 29.2 Å². The molecule has 4 rings (SSSR count). The van der Waals surface area contributed by atoms with E-state index in [1.807, 2.05) is 4.90 Å². The van der Waals surface area contributed by atoms with E-state index in [1.165, 1.54) is 12.3 Å². The van der Waals surface area contributed by atoms with Crippen molar-refractivity contribution in [1.29, 1.82) is 0 Å². The second-order valence-corrected chi connectivity index (χ2v) is 9.55. The van der Waals surface area contributed by atoms with Gasteiger partial charge in [0.25, 0.3) is 0 Å². The third kappa shape index (κ3) is 4.89. The average Bonchev–Trinajstić information content (AvgIpc) is 2.88. The zero-order valence-corrected chi connectivity index (χ0v) is 19.9. The lowest BCUT2D eigenvalue weighted by atomic mass is 10.1. The van der Waals surface area contributed by atoms with Crippen LogP contribution in [0.3, 0.4) is 0 Å². The molecule has 11 heteroatoms. The standard InChI is InChI=1S/C22H23BrF3N3O4/c1-21(2,3)33-20(30)29-17-11-13(23)10-15(22(24,25)26)18(17)32-12-14-16(4-5-27-19(14)29)28-6-8-31-9-7-28/h4-5,10-11H,6-9,12H2,1-3H3. The van der Waals surface area contributed by atoms with E-state index >= 15 is 0 Å². The number of carbonyl (C=O) groups is 1. The number of pyridine rings is 1. The van der Waals surface area contributed by atoms with E-state index in [2.05, 4.69) is 20.9 Å². The molecule has 1 aromatic carbocycles. The lowest BCUT2D eigenvalue weighted by Gasteiger charge is -2.32. The van der Waals surface area contributed by atoms with Gasteiger partial charge in [-0.05, 0) is 39.0 Å². The normalized spacial score (nSPS) is 16.5. The Balaban J connectivity index is 1.93. The van der Waals surface area contributed by atoms with Crippen molar-refractivity contribution in [3.8, 4) is 5.75 Å². The first kappa shape index (κ1) is 23.6. The molecule has 1 saturated heterocycles. The molecular weight excluding hydrogens is 507 g/mol. The predicted molar refractivity (Wildman–Crippen MR) is 119 cm³/mol. The summed E-state index contributed by atoms with van der Waals surface area (Å²) in [7, 11) is 0. The summed E-state index contributed by atoms with van der Waals surface area (Å²) in [6.07, 6.45) is -4.03. The Morgan fingerprint density at radius 3 is 2.48 bits per heavy atom. The first-order valence-corrected chi connectivity index (χ1v) is 11.1. The second-order valence-electron chi connectivity index (χ2n) is 8.64. The van der Waals surface area contributed by atoms with Crippen LogP contribution in [0.15, 0.2) is 28.9 Å². The van der Waals surface area contributed by atoms with E-state index in [0.29, 0.717) is 31.9 Å². The summed E-state index contributed by atoms with van der Waals surface area (Å²) in [6.45, 7) is 7.05. The summed E-state index contributed by atoms with van der Waals surface area (Å²) < 4.78 is 58.6. The predicted octanol–water partition coefficient (Wildman–Crippen LogP) is 5.67. The number of amides is 1. The number of nitrogens with zero attached hydrogens (tertiary/aromatic N) is 3. The molecule has 7 nitrogen and oxygen atoms in total. The second kappa shape index (κ2) is 8.68. The van der Waals surface area contributed by atoms with E-state index in [4.69, 9.17) is 14.2 Å². The Hall–Kier alpha value is -2.53. The van der Waals surface area contributed by atoms with Crippen LogP contribution in [0.2, 0.25) is 0 Å². The number of rotatable bonds is 1. The third-order valence-electron chi connectivity index (χ3n) is 5.09. The van der Waals surface area contributed by atoms with Gasteiger partial charge in [0.15, 0.2) is 11.6 Å². The highest BCUT2D eigenvalue weighted by molar-refractivity contribution is 9.10. The summed E-state index contributed by atoms with van der Waals surface area (Å²) in [4.78, 5) is 20.8. The largest absolute Gasteiger partial charge is 0.486 e. The zero-order chi connectivity index (χ0) is 24.0. The SMILES string of the molecule is CC(C)(C)OC(=O)N1c2cc(Br)cc(C(F)(F)F)c2OCc2c(N3CCOCC3)ccnc21. The molecule has 1 amide bonds. The molecule has 0 unspecified atom stereocenters. The van der Waals surface area contributed by atoms with Crippen LogP contribution in [0.1, 0.15) is 31.9 Å². The molecule has 0 aliphatic carbocycles. The minimum absolute atomic E-state index is 0.101. The number of hydrogen-bond acceptors (Lipinski definition) is 6. The fraction of sp³-hybridized carbons (Fsp3) is 0.455. The summed E-state index contributed by atoms with van der Waals surface area (Å²) in [5, 5.41) is 0. The average molecular weight is 530 g/mol. The first-order valence-electron chi connectivity index (χ1n) is 10.3. The molecule has 33 heavy (non-hydrogen) atoms. The van der Waals surface area contributed by atoms with Crippen LogP contribution in [0.25, 0.3) is 0 Å². The van der Waals surface area contributed by atoms with E-state index in [-0.39, 0.29) is 22.6 Å². The van der Waals surface area contributed by atoms with Gasteiger partial charge in [-0.25, -0.2) is 14.7 Å². The number of hydrogen-bond donors (Lipinski definition) is 0. The van der Waals surface area contributed by atoms with Gasteiger partial charge in [0.2, 0.25) is 0 Å². The maximum Gasteiger partial charge on any atom is 0.420 e. The van der Waals surface area contributed by atoms with Crippen LogP contribution >= 0.6 is 15.9 Å². The molecule has 178 valence electrons. The van der Waals surface area contributed by atoms with Gasteiger partial charge in [0, 0.05) is 29.4 Å². The Morgan fingerprint density at radius 1 is 1.15 bits per heavy atom. The third-order valence-corrected chi connectivity index (χ3v) is 5.55. The molecule has 3 heterocycles. The molecule has 1 fully saturated rings. The van der Waals surface area contributed by atoms with Crippen molar-refractivity contribution in [1.82, 2.24) is 4.98 Å². The van der Waals surface area contributed by atoms with E-state index in [0.717, 1.165) is 16.7 Å². The summed E-state index contributed by atoms with van der Waals surface area (Å²) in [5.74, 6) is -0.291. The Kier molecular flexibility index (Phi) is 6.21. The molecule has 2 aromatic rings. The van der Waals surface area contributed by atoms with Gasteiger partial charge >= 0.3 is 12.3 Å². The molecular formula is C22H23BrF3N3O4. The van der Waals surface area contributed by atoms with Crippen LogP contribution < -0.4 is 14.5 Å². The first-order chi connectivity index (χ1) is 15.5. The van der Waals surface area contributed by atoms with Gasteiger partial charge < -0.3 is 19.1 Å². The molecule has 2 aliphatic rings. The van der Waals surface area contributed by atoms with Crippen molar-refractivity contribution < 1.29 is 32.2 Å². The Morgan fingerprint density at radius 2 is 1.85 bits per heavy atom. The topological polar surface area (TPSA) is 64.1 Å². The maximum absolute atomic E-state index is 13.9. The van der Waals surface area contributed by atoms with Crippen molar-refractivity contribution in [3.63, 3.8) is 0 Å². The van der Waals surface area contributed by atoms with Gasteiger partial charge in [-0.2, -0.15) is 13.2 Å². The maximum atomic E-state index is 13.9. The lowest BCUT2D eigenvalue weighted by molar-refractivity contribution is -0.139. The highest BCUT2D eigenvalue weighted by atomic mass is 79.9. The molecule has 0 N–H and O–H groups in total. The molecule has 0 spiro atoms. The number of ether oxygens (including phenoxy) is 3. The van der Waals surface area contributed by atoms with Crippen LogP contribution in [-0.4, -0.2) is 43.0 Å². The van der Waals surface area contributed by atoms with Crippen LogP contribution in [0, 0.1) is 0 Å². The molecule has 2 aliphatic heterocycles. The van der Waals surface area contributed by atoms with Crippen LogP contribution in [0.5, 0.6) is 5.75 Å². The van der Waals surface area contributed by atoms with Crippen LogP contribution in [-0.2, 0) is 22.3 Å². The molecule has 0 saturated carbocycles. The van der Waals surface area contributed by atoms with Crippen molar-refractivity contribution in [2.75, 3.05) is 36.1 Å². The quantitative estimate of drug-likeness (QED) is 0.474. The van der Waals surface area contributed by atoms with Gasteiger partial charge in [-0.15, -0.1) is 0 Å². The van der Waals surface area contributed by atoms with Crippen molar-refractivity contribution in [2.24, 2.45) is 0 Å².